The van der Waals surface area contributed by atoms with Crippen LogP contribution < -0.4 is 20.1 Å². The number of fused-ring (bicyclic) bond motifs is 1. The van der Waals surface area contributed by atoms with E-state index in [1.54, 1.807) is 24.3 Å². The molecule has 1 heterocycles. The summed E-state index contributed by atoms with van der Waals surface area (Å²) in [5.41, 5.74) is 2.27. The minimum Gasteiger partial charge on any atom is -0.495 e. The molecule has 7 heteroatoms. The number of aliphatic hydroxyl groups excluding tert-OH is 1. The lowest BCUT2D eigenvalue weighted by molar-refractivity contribution is 0.175. The van der Waals surface area contributed by atoms with Gasteiger partial charge in [0, 0.05) is 18.0 Å². The van der Waals surface area contributed by atoms with Crippen molar-refractivity contribution in [2.45, 2.75) is 12.5 Å². The summed E-state index contributed by atoms with van der Waals surface area (Å²) < 4.78 is 10.6. The first kappa shape index (κ1) is 17.4. The Bertz CT molecular complexity index is 782. The third-order valence-electron chi connectivity index (χ3n) is 3.96. The van der Waals surface area contributed by atoms with E-state index in [2.05, 4.69) is 10.6 Å². The number of aliphatic hydroxyl groups is 1. The van der Waals surface area contributed by atoms with Crippen LogP contribution in [0.15, 0.2) is 36.4 Å². The second kappa shape index (κ2) is 7.63. The fraction of sp³-hybridized carbons (Fsp3) is 0.278. The predicted molar refractivity (Wildman–Crippen MR) is 95.6 cm³/mol. The van der Waals surface area contributed by atoms with Crippen LogP contribution >= 0.6 is 11.6 Å². The summed E-state index contributed by atoms with van der Waals surface area (Å²) in [5, 5.41) is 16.1. The fourth-order valence-electron chi connectivity index (χ4n) is 2.67. The molecule has 3 N–H and O–H groups in total. The standard InChI is InChI=1S/C18H19ClN2O4/c1-24-17-5-3-13(19)9-14(17)21-18(23)20-10-15(22)11-2-4-16-12(8-11)6-7-25-16/h2-5,8-9,15,22H,6-7,10H2,1H3,(H2,20,21,23). The van der Waals surface area contributed by atoms with Crippen molar-refractivity contribution in [2.24, 2.45) is 0 Å². The molecule has 0 spiro atoms. The Balaban J connectivity index is 1.58. The van der Waals surface area contributed by atoms with Crippen molar-refractivity contribution >= 4 is 23.3 Å². The lowest BCUT2D eigenvalue weighted by Crippen LogP contribution is -2.32. The molecule has 2 amide bonds. The van der Waals surface area contributed by atoms with Crippen LogP contribution in [0.4, 0.5) is 10.5 Å². The third-order valence-corrected chi connectivity index (χ3v) is 4.20. The molecule has 1 aliphatic rings. The summed E-state index contributed by atoms with van der Waals surface area (Å²) >= 11 is 5.93. The first-order chi connectivity index (χ1) is 12.1. The second-order valence-corrected chi connectivity index (χ2v) is 6.10. The maximum absolute atomic E-state index is 12.1. The molecule has 1 unspecified atom stereocenters. The third kappa shape index (κ3) is 4.15. The molecule has 0 saturated carbocycles. The highest BCUT2D eigenvalue weighted by molar-refractivity contribution is 6.31. The number of anilines is 1. The van der Waals surface area contributed by atoms with Crippen LogP contribution in [0.3, 0.4) is 0 Å². The molecule has 6 nitrogen and oxygen atoms in total. The number of benzene rings is 2. The molecular formula is C18H19ClN2O4. The van der Waals surface area contributed by atoms with Crippen molar-refractivity contribution in [1.29, 1.82) is 0 Å². The molecule has 132 valence electrons. The zero-order valence-electron chi connectivity index (χ0n) is 13.7. The average Bonchev–Trinajstić information content (AvgIpc) is 3.07. The number of rotatable bonds is 5. The van der Waals surface area contributed by atoms with Gasteiger partial charge in [-0.05, 0) is 41.5 Å². The van der Waals surface area contributed by atoms with Crippen LogP contribution in [0.25, 0.3) is 0 Å². The van der Waals surface area contributed by atoms with Crippen molar-refractivity contribution < 1.29 is 19.4 Å². The molecule has 3 rings (SSSR count). The highest BCUT2D eigenvalue weighted by Gasteiger charge is 2.16. The molecule has 0 bridgehead atoms. The Labute approximate surface area is 150 Å². The average molecular weight is 363 g/mol. The minimum absolute atomic E-state index is 0.0777. The molecule has 2 aromatic rings. The van der Waals surface area contributed by atoms with Gasteiger partial charge in [0.2, 0.25) is 0 Å². The molecule has 0 saturated heterocycles. The predicted octanol–water partition coefficient (Wildman–Crippen LogP) is 3.14. The van der Waals surface area contributed by atoms with E-state index in [1.807, 2.05) is 12.1 Å². The Kier molecular flexibility index (Phi) is 5.31. The monoisotopic (exact) mass is 362 g/mol. The van der Waals surface area contributed by atoms with E-state index >= 15 is 0 Å². The molecule has 1 aliphatic heterocycles. The number of hydrogen-bond acceptors (Lipinski definition) is 4. The number of halogens is 1. The lowest BCUT2D eigenvalue weighted by atomic mass is 10.0. The van der Waals surface area contributed by atoms with Crippen molar-refractivity contribution in [3.8, 4) is 11.5 Å². The normalized spacial score (nSPS) is 13.6. The van der Waals surface area contributed by atoms with E-state index in [4.69, 9.17) is 21.1 Å². The quantitative estimate of drug-likeness (QED) is 0.763. The first-order valence-corrected chi connectivity index (χ1v) is 8.26. The summed E-state index contributed by atoms with van der Waals surface area (Å²) in [5.74, 6) is 1.36. The van der Waals surface area contributed by atoms with E-state index in [0.717, 1.165) is 23.3 Å². The maximum Gasteiger partial charge on any atom is 0.319 e. The number of nitrogens with one attached hydrogen (secondary N) is 2. The van der Waals surface area contributed by atoms with Crippen LogP contribution in [0.1, 0.15) is 17.2 Å². The largest absolute Gasteiger partial charge is 0.495 e. The maximum atomic E-state index is 12.1. The fourth-order valence-corrected chi connectivity index (χ4v) is 2.84. The number of carbonyl (C=O) groups is 1. The number of hydrogen-bond donors (Lipinski definition) is 3. The van der Waals surface area contributed by atoms with Crippen LogP contribution in [-0.4, -0.2) is 31.4 Å². The van der Waals surface area contributed by atoms with Gasteiger partial charge in [-0.2, -0.15) is 0 Å². The number of amides is 2. The summed E-state index contributed by atoms with van der Waals surface area (Å²) in [4.78, 5) is 12.1. The van der Waals surface area contributed by atoms with Gasteiger partial charge in [-0.25, -0.2) is 4.79 Å². The summed E-state index contributed by atoms with van der Waals surface area (Å²) in [6.45, 7) is 0.741. The van der Waals surface area contributed by atoms with Crippen LogP contribution in [0.2, 0.25) is 5.02 Å². The van der Waals surface area contributed by atoms with Gasteiger partial charge in [-0.3, -0.25) is 0 Å². The lowest BCUT2D eigenvalue weighted by Gasteiger charge is -2.15. The van der Waals surface area contributed by atoms with Crippen molar-refractivity contribution in [3.05, 3.63) is 52.5 Å². The van der Waals surface area contributed by atoms with Crippen molar-refractivity contribution in [1.82, 2.24) is 5.32 Å². The molecule has 25 heavy (non-hydrogen) atoms. The summed E-state index contributed by atoms with van der Waals surface area (Å²) in [7, 11) is 1.51. The number of methoxy groups -OCH3 is 1. The molecule has 0 fully saturated rings. The van der Waals surface area contributed by atoms with Gasteiger partial charge >= 0.3 is 6.03 Å². The molecule has 2 aromatic carbocycles. The van der Waals surface area contributed by atoms with Crippen LogP contribution in [0.5, 0.6) is 11.5 Å². The highest BCUT2D eigenvalue weighted by atomic mass is 35.5. The second-order valence-electron chi connectivity index (χ2n) is 5.66. The zero-order chi connectivity index (χ0) is 17.8. The van der Waals surface area contributed by atoms with E-state index < -0.39 is 12.1 Å². The number of urea groups is 1. The van der Waals surface area contributed by atoms with Gasteiger partial charge in [-0.1, -0.05) is 17.7 Å². The van der Waals surface area contributed by atoms with Gasteiger partial charge in [-0.15, -0.1) is 0 Å². The summed E-state index contributed by atoms with van der Waals surface area (Å²) in [6, 6.07) is 10.0. The Morgan fingerprint density at radius 2 is 2.20 bits per heavy atom. The first-order valence-electron chi connectivity index (χ1n) is 7.89. The van der Waals surface area contributed by atoms with Crippen molar-refractivity contribution in [3.63, 3.8) is 0 Å². The number of carbonyl (C=O) groups excluding carboxylic acids is 1. The van der Waals surface area contributed by atoms with E-state index in [1.165, 1.54) is 7.11 Å². The molecule has 0 radical (unpaired) electrons. The van der Waals surface area contributed by atoms with Crippen molar-refractivity contribution in [2.75, 3.05) is 25.6 Å². The van der Waals surface area contributed by atoms with Gasteiger partial charge in [0.05, 0.1) is 25.5 Å². The SMILES string of the molecule is COc1ccc(Cl)cc1NC(=O)NCC(O)c1ccc2c(c1)CCO2. The Morgan fingerprint density at radius 3 is 3.00 bits per heavy atom. The van der Waals surface area contributed by atoms with E-state index in [9.17, 15) is 9.90 Å². The zero-order valence-corrected chi connectivity index (χ0v) is 14.5. The molecular weight excluding hydrogens is 344 g/mol. The Morgan fingerprint density at radius 1 is 1.36 bits per heavy atom. The molecule has 0 aromatic heterocycles. The van der Waals surface area contributed by atoms with E-state index in [-0.39, 0.29) is 6.54 Å². The topological polar surface area (TPSA) is 79.8 Å². The smallest absolute Gasteiger partial charge is 0.319 e. The van der Waals surface area contributed by atoms with Gasteiger partial charge < -0.3 is 25.2 Å². The molecule has 1 atom stereocenters. The molecule has 0 aliphatic carbocycles. The Hall–Kier alpha value is -2.44. The minimum atomic E-state index is -0.807. The van der Waals surface area contributed by atoms with Crippen LogP contribution in [0, 0.1) is 0 Å². The highest BCUT2D eigenvalue weighted by Crippen LogP contribution is 2.29. The van der Waals surface area contributed by atoms with Gasteiger partial charge in [0.25, 0.3) is 0 Å². The summed E-state index contributed by atoms with van der Waals surface area (Å²) in [6.07, 6.45) is 0.0242. The van der Waals surface area contributed by atoms with Gasteiger partial charge in [0.1, 0.15) is 11.5 Å². The van der Waals surface area contributed by atoms with Gasteiger partial charge in [0.15, 0.2) is 0 Å². The van der Waals surface area contributed by atoms with Crippen LogP contribution in [-0.2, 0) is 6.42 Å². The number of ether oxygens (including phenoxy) is 2. The van der Waals surface area contributed by atoms with E-state index in [0.29, 0.717) is 23.1 Å².